The Morgan fingerprint density at radius 3 is 1.04 bits per heavy atom. The highest BCUT2D eigenvalue weighted by Gasteiger charge is 2.54. The van der Waals surface area contributed by atoms with Crippen molar-refractivity contribution in [3.63, 3.8) is 0 Å². The van der Waals surface area contributed by atoms with Crippen molar-refractivity contribution in [1.82, 2.24) is 66.7 Å². The molecule has 8 saturated heterocycles. The van der Waals surface area contributed by atoms with Gasteiger partial charge in [-0.3, -0.25) is 56.7 Å². The van der Waals surface area contributed by atoms with Gasteiger partial charge in [0, 0.05) is 44.3 Å². The standard InChI is InChI=1S/C15H26N4O7S.C15H25N3O7S.C13H22N4O7S.C10H16N4O7S/c1-17(2)10-3-6-12(7-4-10)25-16-14(20)13-8-5-11-9-18(13)15(21)19(11)26-27(22,23)24;1-2-10-4-3-5-12(8-10)24-16-14(19)13-7-6-11-9-17(13)15(20)18(11)25-26(21,22)23;14-8-2-1-3-10(6-8)23-15-12(18)11-5-4-9-7-16(11)13(19)17(9)24-25(20,21)22;11-6-3-8(6)20-12-9(15)7-2-1-5-4-13(7)10(16)14(5)21-22(17,18)19/h10-13H,3-9H2,1-2H3,(H,16,20)(H,22,23,24);10-13H,2-9H2,1H3,(H,16,19)(H,21,22,23);8-11H,1-7,14H2,(H,15,18)(H,20,21,22);5-8H,1-4,11H2,(H,12,15)(H,17,18,19)/t2*10?,11-,12?,13+;8?,9-,10?,11+;5-,6?,7+,8?/m1111/s1. The van der Waals surface area contributed by atoms with E-state index >= 15 is 0 Å². The Hall–Kier alpha value is -5.84. The molecular weight excluding hydrogens is 1420 g/mol. The van der Waals surface area contributed by atoms with E-state index in [9.17, 15) is 72.0 Å². The minimum absolute atomic E-state index is 0.0253. The van der Waals surface area contributed by atoms with Crippen molar-refractivity contribution in [3.8, 4) is 0 Å². The summed E-state index contributed by atoms with van der Waals surface area (Å²) in [6, 6.07) is -7.78. The van der Waals surface area contributed by atoms with E-state index in [1.54, 1.807) is 0 Å². The van der Waals surface area contributed by atoms with Crippen LogP contribution in [0, 0.1) is 5.92 Å². The SMILES string of the molecule is CCC1CCCC(ONC(=O)[C@@H]2CC[C@@H]3CN2C(=O)N3OS(=O)(=O)O)C1.CN(C)C1CCC(ONC(=O)[C@@H]2CC[C@@H]3CN2C(=O)N3OS(=O)(=O)O)CC1.NC1CC1ONC(=O)[C@@H]1CC[C@@H]2CN1C(=O)N2OS(=O)(=O)O.NC1CCCC(ONC(=O)[C@@H]2CC[C@@H]3CN2C(=O)N3OS(=O)(=O)O)C1. The van der Waals surface area contributed by atoms with Crippen LogP contribution in [0.4, 0.5) is 19.2 Å². The number of piperidine rings is 4. The molecule has 8 bridgehead atoms. The Kier molecular flexibility index (Phi) is 25.7. The summed E-state index contributed by atoms with van der Waals surface area (Å²) in [5.41, 5.74) is 21.0. The maximum Gasteiger partial charge on any atom is 0.418 e. The smallest absolute Gasteiger partial charge is 0.328 e. The zero-order valence-corrected chi connectivity index (χ0v) is 58.3. The highest BCUT2D eigenvalue weighted by molar-refractivity contribution is 7.81. The number of carbonyl (C=O) groups excluding carboxylic acids is 8. The summed E-state index contributed by atoms with van der Waals surface area (Å²) in [6.07, 6.45) is 15.2. The van der Waals surface area contributed by atoms with Gasteiger partial charge in [0.2, 0.25) is 0 Å². The molecule has 14 atom stereocenters. The van der Waals surface area contributed by atoms with Crippen LogP contribution in [-0.4, -0.2) is 276 Å². The third-order valence-electron chi connectivity index (χ3n) is 19.6. The van der Waals surface area contributed by atoms with Crippen LogP contribution in [-0.2, 0) is 97.3 Å². The number of hydroxylamine groups is 12. The number of carbonyl (C=O) groups is 8. The van der Waals surface area contributed by atoms with Crippen LogP contribution in [0.15, 0.2) is 0 Å². The maximum absolute atomic E-state index is 12.5. The van der Waals surface area contributed by atoms with Gasteiger partial charge in [-0.2, -0.15) is 53.9 Å². The second-order valence-electron chi connectivity index (χ2n) is 26.8. The van der Waals surface area contributed by atoms with Crippen molar-refractivity contribution < 1.29 is 127 Å². The average Bonchev–Trinajstić information content (AvgIpc) is 1.65. The van der Waals surface area contributed by atoms with Crippen molar-refractivity contribution in [2.24, 2.45) is 17.4 Å². The number of hydrogen-bond donors (Lipinski definition) is 10. The molecule has 43 nitrogen and oxygen atoms in total. The van der Waals surface area contributed by atoms with Crippen molar-refractivity contribution in [3.05, 3.63) is 0 Å². The number of rotatable bonds is 22. The Balaban J connectivity index is 0.000000156. The van der Waals surface area contributed by atoms with Gasteiger partial charge in [0.25, 0.3) is 23.6 Å². The highest BCUT2D eigenvalue weighted by Crippen LogP contribution is 2.36. The topological polar surface area (TPSA) is 557 Å². The van der Waals surface area contributed by atoms with Gasteiger partial charge in [0.05, 0.1) is 42.5 Å². The molecule has 0 aromatic rings. The van der Waals surface area contributed by atoms with Gasteiger partial charge in [-0.15, -0.1) is 17.1 Å². The zero-order chi connectivity index (χ0) is 72.9. The van der Waals surface area contributed by atoms with Gasteiger partial charge in [-0.1, -0.05) is 26.2 Å². The van der Waals surface area contributed by atoms with Crippen LogP contribution in [0.2, 0.25) is 0 Å². The van der Waals surface area contributed by atoms with Crippen LogP contribution in [0.25, 0.3) is 0 Å². The number of hydrogen-bond acceptors (Lipinski definition) is 27. The molecule has 12 rings (SSSR count). The van der Waals surface area contributed by atoms with Crippen LogP contribution in [0.3, 0.4) is 0 Å². The van der Waals surface area contributed by atoms with Gasteiger partial charge >= 0.3 is 65.7 Å². The van der Waals surface area contributed by atoms with Gasteiger partial charge in [0.15, 0.2) is 0 Å². The van der Waals surface area contributed by atoms with Gasteiger partial charge in [-0.05, 0) is 142 Å². The first kappa shape index (κ1) is 78.3. The maximum atomic E-state index is 12.5. The molecular formula is C53H89N15O28S4. The molecule has 8 heterocycles. The molecule has 0 aromatic heterocycles. The fourth-order valence-corrected chi connectivity index (χ4v) is 15.8. The van der Waals surface area contributed by atoms with Crippen molar-refractivity contribution >= 4 is 89.3 Å². The van der Waals surface area contributed by atoms with E-state index in [0.29, 0.717) is 96.4 Å². The molecule has 0 spiro atoms. The molecule has 47 heteroatoms. The van der Waals surface area contributed by atoms with Crippen molar-refractivity contribution in [2.45, 2.75) is 239 Å². The number of fused-ring (bicyclic) bond motifs is 8. The van der Waals surface area contributed by atoms with Gasteiger partial charge in [0.1, 0.15) is 30.3 Å². The molecule has 12 aliphatic rings. The second-order valence-corrected chi connectivity index (χ2v) is 30.8. The van der Waals surface area contributed by atoms with E-state index in [1.165, 1.54) is 26.0 Å². The van der Waals surface area contributed by atoms with Crippen LogP contribution >= 0.6 is 0 Å². The summed E-state index contributed by atoms with van der Waals surface area (Å²) >= 11 is 0. The first-order valence-corrected chi connectivity index (χ1v) is 38.5. The number of urea groups is 4. The molecule has 0 aromatic carbocycles. The van der Waals surface area contributed by atoms with Gasteiger partial charge < -0.3 is 36.0 Å². The number of nitrogens with zero attached hydrogens (tertiary/aromatic N) is 9. The van der Waals surface area contributed by atoms with Crippen molar-refractivity contribution in [2.75, 3.05) is 40.3 Å². The lowest BCUT2D eigenvalue weighted by atomic mass is 9.86. The first-order valence-electron chi connectivity index (χ1n) is 33.0. The van der Waals surface area contributed by atoms with E-state index in [0.717, 1.165) is 70.6 Å². The summed E-state index contributed by atoms with van der Waals surface area (Å²) in [5.74, 6) is -1.24. The van der Waals surface area contributed by atoms with E-state index in [4.69, 9.17) is 49.0 Å². The summed E-state index contributed by atoms with van der Waals surface area (Å²) in [4.78, 5) is 127. The molecule has 568 valence electrons. The molecule has 12 N–H and O–H groups in total. The molecule has 4 saturated carbocycles. The van der Waals surface area contributed by atoms with Crippen molar-refractivity contribution in [1.29, 1.82) is 0 Å². The Morgan fingerprint density at radius 2 is 0.740 bits per heavy atom. The predicted octanol–water partition coefficient (Wildman–Crippen LogP) is -1.64. The van der Waals surface area contributed by atoms with E-state index in [2.05, 4.69) is 50.9 Å². The molecule has 12 amide bonds. The minimum Gasteiger partial charge on any atom is -0.328 e. The summed E-state index contributed by atoms with van der Waals surface area (Å²) < 4.78 is 139. The summed E-state index contributed by atoms with van der Waals surface area (Å²) in [7, 11) is -15.1. The molecule has 6 unspecified atom stereocenters. The number of amides is 12. The summed E-state index contributed by atoms with van der Waals surface area (Å²) in [6.45, 7) is 2.73. The normalized spacial score (nSPS) is 32.5. The number of nitrogens with two attached hydrogens (primary N) is 2. The molecule has 0 radical (unpaired) electrons. The minimum atomic E-state index is -4.81. The third kappa shape index (κ3) is 20.7. The molecule has 4 aliphatic carbocycles. The Morgan fingerprint density at radius 1 is 0.430 bits per heavy atom. The second kappa shape index (κ2) is 32.9. The van der Waals surface area contributed by atoms with Crippen LogP contribution in [0.5, 0.6) is 0 Å². The lowest BCUT2D eigenvalue weighted by Crippen LogP contribution is -2.50. The van der Waals surface area contributed by atoms with E-state index < -0.39 is 138 Å². The Bertz CT molecular complexity index is 3460. The average molecular weight is 1510 g/mol. The zero-order valence-electron chi connectivity index (χ0n) is 55.0. The predicted molar refractivity (Wildman–Crippen MR) is 333 cm³/mol. The van der Waals surface area contributed by atoms with E-state index in [1.807, 2.05) is 14.1 Å². The largest absolute Gasteiger partial charge is 0.418 e. The summed E-state index contributed by atoms with van der Waals surface area (Å²) in [5, 5.41) is 2.42. The molecule has 8 aliphatic heterocycles. The number of nitrogens with one attached hydrogen (secondary N) is 4. The Labute approximate surface area is 577 Å². The fourth-order valence-electron chi connectivity index (χ4n) is 14.3. The third-order valence-corrected chi connectivity index (χ3v) is 21.0. The van der Waals surface area contributed by atoms with Crippen LogP contribution < -0.4 is 33.4 Å². The molecule has 100 heavy (non-hydrogen) atoms. The quantitative estimate of drug-likeness (QED) is 0.0429. The van der Waals surface area contributed by atoms with Gasteiger partial charge in [-0.25, -0.2) is 41.1 Å². The highest BCUT2D eigenvalue weighted by atomic mass is 32.3. The molecule has 12 fully saturated rings. The first-order chi connectivity index (χ1) is 46.9. The monoisotopic (exact) mass is 1510 g/mol. The van der Waals surface area contributed by atoms with E-state index in [-0.39, 0.29) is 62.7 Å². The van der Waals surface area contributed by atoms with Crippen LogP contribution in [0.1, 0.15) is 148 Å². The lowest BCUT2D eigenvalue weighted by molar-refractivity contribution is -0.146. The lowest BCUT2D eigenvalue weighted by Gasteiger charge is -2.33. The fraction of sp³-hybridized carbons (Fsp3) is 0.849.